The highest BCUT2D eigenvalue weighted by molar-refractivity contribution is 7.99. The molecule has 0 saturated heterocycles. The molecule has 0 amide bonds. The molecule has 15 heavy (non-hydrogen) atoms. The Balaban J connectivity index is 2.80. The molecule has 1 aromatic carbocycles. The molecule has 0 aliphatic carbocycles. The first kappa shape index (κ1) is 11.9. The lowest BCUT2D eigenvalue weighted by Crippen LogP contribution is -2.03. The zero-order valence-corrected chi connectivity index (χ0v) is 8.96. The predicted molar refractivity (Wildman–Crippen MR) is 60.2 cm³/mol. The Bertz CT molecular complexity index is 355. The lowest BCUT2D eigenvalue weighted by Gasteiger charge is -2.07. The van der Waals surface area contributed by atoms with Crippen LogP contribution in [0.2, 0.25) is 0 Å². The van der Waals surface area contributed by atoms with Gasteiger partial charge in [-0.05, 0) is 18.6 Å². The van der Waals surface area contributed by atoms with E-state index in [1.54, 1.807) is 12.1 Å². The Kier molecular flexibility index (Phi) is 4.45. The number of carboxylic acids is 1. The molecule has 0 aromatic heterocycles. The standard InChI is InChI=1S/C10H13NO3S/c11-9-7(10(13)14)3-1-4-8(9)15-6-2-5-12/h1,3-4,12H,2,5-6,11H2,(H,13,14). The first-order chi connectivity index (χ1) is 7.16. The van der Waals surface area contributed by atoms with Crippen LogP contribution >= 0.6 is 11.8 Å². The highest BCUT2D eigenvalue weighted by Crippen LogP contribution is 2.28. The Labute approximate surface area is 92.1 Å². The molecule has 1 aromatic rings. The van der Waals surface area contributed by atoms with E-state index in [4.69, 9.17) is 15.9 Å². The van der Waals surface area contributed by atoms with E-state index in [-0.39, 0.29) is 12.2 Å². The molecule has 0 heterocycles. The first-order valence-electron chi connectivity index (χ1n) is 4.52. The quantitative estimate of drug-likeness (QED) is 0.403. The Morgan fingerprint density at radius 3 is 2.80 bits per heavy atom. The molecule has 0 fully saturated rings. The summed E-state index contributed by atoms with van der Waals surface area (Å²) in [5, 5.41) is 17.5. The van der Waals surface area contributed by atoms with Gasteiger partial charge in [-0.15, -0.1) is 11.8 Å². The number of nitrogen functional groups attached to an aromatic ring is 1. The Hall–Kier alpha value is -1.20. The molecule has 0 radical (unpaired) electrons. The van der Waals surface area contributed by atoms with Crippen LogP contribution in [0.1, 0.15) is 16.8 Å². The van der Waals surface area contributed by atoms with Gasteiger partial charge in [0.25, 0.3) is 0 Å². The fraction of sp³-hybridized carbons (Fsp3) is 0.300. The zero-order valence-electron chi connectivity index (χ0n) is 8.14. The van der Waals surface area contributed by atoms with Gasteiger partial charge in [0.05, 0.1) is 11.3 Å². The van der Waals surface area contributed by atoms with Gasteiger partial charge in [0.2, 0.25) is 0 Å². The molecular weight excluding hydrogens is 214 g/mol. The van der Waals surface area contributed by atoms with Gasteiger partial charge in [-0.25, -0.2) is 4.79 Å². The number of benzene rings is 1. The van der Waals surface area contributed by atoms with Crippen LogP contribution in [0.4, 0.5) is 5.69 Å². The van der Waals surface area contributed by atoms with E-state index in [1.807, 2.05) is 0 Å². The summed E-state index contributed by atoms with van der Waals surface area (Å²) in [6.07, 6.45) is 0.668. The summed E-state index contributed by atoms with van der Waals surface area (Å²) in [5.74, 6) is -0.291. The summed E-state index contributed by atoms with van der Waals surface area (Å²) in [6, 6.07) is 4.93. The van der Waals surface area contributed by atoms with Crippen LogP contribution in [0.3, 0.4) is 0 Å². The van der Waals surface area contributed by atoms with Crippen LogP contribution in [0.15, 0.2) is 23.1 Å². The van der Waals surface area contributed by atoms with Crippen LogP contribution in [-0.4, -0.2) is 28.5 Å². The maximum absolute atomic E-state index is 10.8. The number of aliphatic hydroxyl groups is 1. The molecule has 0 bridgehead atoms. The second-order valence-corrected chi connectivity index (χ2v) is 4.08. The van der Waals surface area contributed by atoms with Gasteiger partial charge in [-0.3, -0.25) is 0 Å². The Morgan fingerprint density at radius 2 is 2.20 bits per heavy atom. The highest BCUT2D eigenvalue weighted by Gasteiger charge is 2.10. The lowest BCUT2D eigenvalue weighted by atomic mass is 10.2. The minimum absolute atomic E-state index is 0.129. The van der Waals surface area contributed by atoms with Crippen molar-refractivity contribution in [2.45, 2.75) is 11.3 Å². The fourth-order valence-corrected chi connectivity index (χ4v) is 2.04. The third kappa shape index (κ3) is 3.14. The number of carboxylic acid groups (broad SMARTS) is 1. The molecule has 0 aliphatic rings. The summed E-state index contributed by atoms with van der Waals surface area (Å²) in [5.41, 5.74) is 6.13. The van der Waals surface area contributed by atoms with Crippen LogP contribution < -0.4 is 5.73 Å². The number of carbonyl (C=O) groups is 1. The average Bonchev–Trinajstić information content (AvgIpc) is 2.20. The highest BCUT2D eigenvalue weighted by atomic mass is 32.2. The van der Waals surface area contributed by atoms with E-state index in [9.17, 15) is 4.79 Å². The molecule has 0 atom stereocenters. The van der Waals surface area contributed by atoms with Gasteiger partial charge in [0.1, 0.15) is 0 Å². The number of para-hydroxylation sites is 1. The van der Waals surface area contributed by atoms with Gasteiger partial charge < -0.3 is 15.9 Å². The minimum atomic E-state index is -1.02. The SMILES string of the molecule is Nc1c(SCCCO)cccc1C(=O)O. The molecule has 0 unspecified atom stereocenters. The van der Waals surface area contributed by atoms with E-state index in [2.05, 4.69) is 0 Å². The van der Waals surface area contributed by atoms with Crippen molar-refractivity contribution >= 4 is 23.4 Å². The van der Waals surface area contributed by atoms with Gasteiger partial charge in [-0.2, -0.15) is 0 Å². The van der Waals surface area contributed by atoms with Crippen molar-refractivity contribution < 1.29 is 15.0 Å². The molecule has 82 valence electrons. The number of aliphatic hydroxyl groups excluding tert-OH is 1. The van der Waals surface area contributed by atoms with Crippen molar-refractivity contribution in [3.8, 4) is 0 Å². The van der Waals surface area contributed by atoms with E-state index < -0.39 is 5.97 Å². The van der Waals surface area contributed by atoms with Crippen LogP contribution in [0, 0.1) is 0 Å². The summed E-state index contributed by atoms with van der Waals surface area (Å²) < 4.78 is 0. The van der Waals surface area contributed by atoms with Gasteiger partial charge in [-0.1, -0.05) is 6.07 Å². The van der Waals surface area contributed by atoms with Crippen LogP contribution in [0.5, 0.6) is 0 Å². The zero-order chi connectivity index (χ0) is 11.3. The maximum Gasteiger partial charge on any atom is 0.337 e. The van der Waals surface area contributed by atoms with Crippen molar-refractivity contribution in [1.29, 1.82) is 0 Å². The number of anilines is 1. The van der Waals surface area contributed by atoms with Crippen molar-refractivity contribution in [3.63, 3.8) is 0 Å². The average molecular weight is 227 g/mol. The lowest BCUT2D eigenvalue weighted by molar-refractivity contribution is 0.0698. The number of hydrogen-bond acceptors (Lipinski definition) is 4. The smallest absolute Gasteiger partial charge is 0.337 e. The number of nitrogens with two attached hydrogens (primary N) is 1. The van der Waals surface area contributed by atoms with Crippen molar-refractivity contribution in [1.82, 2.24) is 0 Å². The third-order valence-corrected chi connectivity index (χ3v) is 3.02. The minimum Gasteiger partial charge on any atom is -0.478 e. The summed E-state index contributed by atoms with van der Waals surface area (Å²) in [6.45, 7) is 0.130. The maximum atomic E-state index is 10.8. The van der Waals surface area contributed by atoms with Crippen molar-refractivity contribution in [3.05, 3.63) is 23.8 Å². The number of rotatable bonds is 5. The molecule has 4 N–H and O–H groups in total. The molecular formula is C10H13NO3S. The van der Waals surface area contributed by atoms with Gasteiger partial charge in [0, 0.05) is 17.3 Å². The van der Waals surface area contributed by atoms with Crippen LogP contribution in [0.25, 0.3) is 0 Å². The molecule has 1 rings (SSSR count). The first-order valence-corrected chi connectivity index (χ1v) is 5.51. The molecule has 4 nitrogen and oxygen atoms in total. The number of thioether (sulfide) groups is 1. The number of aromatic carboxylic acids is 1. The Morgan fingerprint density at radius 1 is 1.47 bits per heavy atom. The van der Waals surface area contributed by atoms with Crippen LogP contribution in [-0.2, 0) is 0 Å². The number of hydrogen-bond donors (Lipinski definition) is 3. The normalized spacial score (nSPS) is 10.2. The largest absolute Gasteiger partial charge is 0.478 e. The topological polar surface area (TPSA) is 83.5 Å². The van der Waals surface area contributed by atoms with Crippen molar-refractivity contribution in [2.75, 3.05) is 18.1 Å². The van der Waals surface area contributed by atoms with E-state index >= 15 is 0 Å². The van der Waals surface area contributed by atoms with E-state index in [0.29, 0.717) is 12.1 Å². The third-order valence-electron chi connectivity index (χ3n) is 1.86. The summed E-state index contributed by atoms with van der Waals surface area (Å²) in [7, 11) is 0. The summed E-state index contributed by atoms with van der Waals surface area (Å²) >= 11 is 1.45. The molecule has 0 saturated carbocycles. The molecule has 5 heteroatoms. The predicted octanol–water partition coefficient (Wildman–Crippen LogP) is 1.44. The second-order valence-electron chi connectivity index (χ2n) is 2.95. The summed E-state index contributed by atoms with van der Waals surface area (Å²) in [4.78, 5) is 11.5. The van der Waals surface area contributed by atoms with Gasteiger partial charge >= 0.3 is 5.97 Å². The molecule has 0 aliphatic heterocycles. The van der Waals surface area contributed by atoms with E-state index in [0.717, 1.165) is 10.6 Å². The fourth-order valence-electron chi connectivity index (χ4n) is 1.10. The monoisotopic (exact) mass is 227 g/mol. The van der Waals surface area contributed by atoms with E-state index in [1.165, 1.54) is 17.8 Å². The van der Waals surface area contributed by atoms with Gasteiger partial charge in [0.15, 0.2) is 0 Å². The van der Waals surface area contributed by atoms with Crippen molar-refractivity contribution in [2.24, 2.45) is 0 Å². The second kappa shape index (κ2) is 5.63. The molecule has 0 spiro atoms.